The van der Waals surface area contributed by atoms with E-state index in [1.165, 1.54) is 18.1 Å². The number of alkyl halides is 3. The molecule has 3 fully saturated rings. The highest BCUT2D eigenvalue weighted by molar-refractivity contribution is 9.13. The van der Waals surface area contributed by atoms with E-state index in [-0.39, 0.29) is 47.7 Å². The minimum absolute atomic E-state index is 0.0120. The molecule has 3 heterocycles. The van der Waals surface area contributed by atoms with Crippen LogP contribution in [0.3, 0.4) is 0 Å². The van der Waals surface area contributed by atoms with Crippen LogP contribution in [0.25, 0.3) is 0 Å². The highest BCUT2D eigenvalue weighted by Gasteiger charge is 2.70. The molecule has 6 unspecified atom stereocenters. The summed E-state index contributed by atoms with van der Waals surface area (Å²) in [5.74, 6) is -8.86. The first kappa shape index (κ1) is 42.0. The molecular weight excluding hydrogens is 940 g/mol. The van der Waals surface area contributed by atoms with E-state index in [1.54, 1.807) is 24.3 Å². The number of nitrogens with one attached hydrogen (secondary N) is 1. The van der Waals surface area contributed by atoms with E-state index in [0.717, 1.165) is 0 Å². The third-order valence-corrected chi connectivity index (χ3v) is 14.3. The number of hydrogen-bond acceptors (Lipinski definition) is 9. The number of carboxylic acid groups (broad SMARTS) is 1. The largest absolute Gasteiger partial charge is 0.503 e. The Morgan fingerprint density at radius 1 is 1.02 bits per heavy atom. The van der Waals surface area contributed by atoms with Crippen molar-refractivity contribution in [1.29, 1.82) is 0 Å². The van der Waals surface area contributed by atoms with Crippen LogP contribution in [-0.2, 0) is 35.6 Å². The van der Waals surface area contributed by atoms with Gasteiger partial charge >= 0.3 is 12.1 Å². The van der Waals surface area contributed by atoms with Crippen molar-refractivity contribution in [1.82, 2.24) is 14.9 Å². The van der Waals surface area contributed by atoms with E-state index in [0.29, 0.717) is 62.7 Å². The topological polar surface area (TPSA) is 166 Å². The van der Waals surface area contributed by atoms with Gasteiger partial charge in [0.15, 0.2) is 17.3 Å². The number of phenols is 1. The predicted octanol–water partition coefficient (Wildman–Crippen LogP) is 8.28. The molecule has 0 bridgehead atoms. The smallest absolute Gasteiger partial charge is 0.417 e. The Morgan fingerprint density at radius 3 is 2.36 bits per heavy atom. The summed E-state index contributed by atoms with van der Waals surface area (Å²) < 4.78 is 46.6. The fourth-order valence-electron chi connectivity index (χ4n) is 9.11. The van der Waals surface area contributed by atoms with Crippen LogP contribution in [0, 0.1) is 23.7 Å². The van der Waals surface area contributed by atoms with Gasteiger partial charge in [-0.2, -0.15) is 18.2 Å². The molecule has 306 valence electrons. The highest BCUT2D eigenvalue weighted by Crippen LogP contribution is 2.65. The van der Waals surface area contributed by atoms with E-state index in [4.69, 9.17) is 33.0 Å². The molecule has 12 nitrogen and oxygen atoms in total. The molecule has 7 rings (SSSR count). The molecule has 2 aromatic carbocycles. The third kappa shape index (κ3) is 6.84. The predicted molar refractivity (Wildman–Crippen MR) is 210 cm³/mol. The van der Waals surface area contributed by atoms with Crippen LogP contribution in [0.1, 0.15) is 61.1 Å². The zero-order valence-electron chi connectivity index (χ0n) is 30.3. The van der Waals surface area contributed by atoms with Crippen LogP contribution in [-0.4, -0.2) is 68.4 Å². The van der Waals surface area contributed by atoms with E-state index in [9.17, 15) is 37.5 Å². The number of amides is 4. The molecule has 1 saturated carbocycles. The second-order valence-electron chi connectivity index (χ2n) is 14.6. The quantitative estimate of drug-likeness (QED) is 0.0968. The van der Waals surface area contributed by atoms with Gasteiger partial charge in [0, 0.05) is 34.6 Å². The molecule has 58 heavy (non-hydrogen) atoms. The number of hydrazine groups is 1. The van der Waals surface area contributed by atoms with Crippen LogP contribution in [0.5, 0.6) is 11.5 Å². The van der Waals surface area contributed by atoms with Gasteiger partial charge in [0.1, 0.15) is 0 Å². The number of ether oxygens (including phenoxy) is 1. The van der Waals surface area contributed by atoms with Crippen LogP contribution < -0.4 is 10.2 Å². The number of aromatic nitrogens is 1. The number of imide groups is 2. The van der Waals surface area contributed by atoms with Crippen molar-refractivity contribution in [3.05, 3.63) is 89.9 Å². The van der Waals surface area contributed by atoms with Gasteiger partial charge in [-0.25, -0.2) is 4.98 Å². The Balaban J connectivity index is 1.40. The number of aliphatic carboxylic acids is 1. The summed E-state index contributed by atoms with van der Waals surface area (Å²) in [6, 6.07) is 8.44. The number of benzene rings is 2. The van der Waals surface area contributed by atoms with Crippen LogP contribution in [0.4, 0.5) is 19.0 Å². The summed E-state index contributed by atoms with van der Waals surface area (Å²) in [6.45, 7) is 0.0809. The summed E-state index contributed by atoms with van der Waals surface area (Å²) in [5, 5.41) is 20.5. The average Bonchev–Trinajstić information content (AvgIpc) is 3.54. The van der Waals surface area contributed by atoms with Gasteiger partial charge < -0.3 is 14.9 Å². The number of unbranched alkanes of at least 4 members (excludes halogenated alkanes) is 2. The number of fused-ring (bicyclic) bond motifs is 4. The van der Waals surface area contributed by atoms with Crippen molar-refractivity contribution in [3.8, 4) is 11.5 Å². The number of anilines is 1. The summed E-state index contributed by atoms with van der Waals surface area (Å²) in [5.41, 5.74) is 0.902. The molecule has 0 spiro atoms. The first-order valence-corrected chi connectivity index (χ1v) is 20.4. The standard InChI is InChI=1S/C39H33Br2Cl2F3N4O8/c1-58-26-15-23(30(40)31(41)32(26)53)29-20-10-11-21-28(36(56)49(34(21)54)12-4-2-3-5-27(51)52)22(20)14-24-35(55)50(37(57)38(24,29)17-6-8-19(42)9-7-17)48-33-25(43)13-18(16-47-33)39(44,45)46/h6-10,13,15-16,21-22,24,28-29,53H,2-5,11-12,14H2,1H3,(H,47,48)(H,51,52). The van der Waals surface area contributed by atoms with Gasteiger partial charge in [-0.3, -0.25) is 34.3 Å². The van der Waals surface area contributed by atoms with E-state index < -0.39 is 81.3 Å². The fraction of sp³-hybridized carbons (Fsp3) is 0.385. The van der Waals surface area contributed by atoms with Crippen molar-refractivity contribution in [2.45, 2.75) is 56.0 Å². The number of methoxy groups -OCH3 is 1. The SMILES string of the molecule is COc1cc(C2C3=CCC4C(=O)N(CCCCCC(=O)O)C(=O)C4C3CC3C(=O)N(Nc4ncc(C(F)(F)F)cc4Cl)C(=O)C32c2ccc(Cl)cc2)c(Br)c(Br)c1O. The lowest BCUT2D eigenvalue weighted by molar-refractivity contribution is -0.141. The lowest BCUT2D eigenvalue weighted by Gasteiger charge is -2.51. The Hall–Kier alpha value is -4.19. The highest BCUT2D eigenvalue weighted by atomic mass is 79.9. The average molecular weight is 973 g/mol. The lowest BCUT2D eigenvalue weighted by Crippen LogP contribution is -2.53. The summed E-state index contributed by atoms with van der Waals surface area (Å²) in [6.07, 6.45) is -1.22. The molecular formula is C39H33Br2Cl2F3N4O8. The maximum atomic E-state index is 15.4. The van der Waals surface area contributed by atoms with Crippen LogP contribution in [0.15, 0.2) is 63.2 Å². The van der Waals surface area contributed by atoms with E-state index in [2.05, 4.69) is 42.3 Å². The molecule has 4 amide bonds. The Morgan fingerprint density at radius 2 is 1.72 bits per heavy atom. The second kappa shape index (κ2) is 15.8. The molecule has 19 heteroatoms. The number of carbonyl (C=O) groups is 5. The van der Waals surface area contributed by atoms with E-state index >= 15 is 4.79 Å². The Labute approximate surface area is 355 Å². The zero-order valence-corrected chi connectivity index (χ0v) is 35.0. The number of rotatable bonds is 11. The minimum Gasteiger partial charge on any atom is -0.503 e. The molecule has 2 aliphatic carbocycles. The number of carboxylic acids is 1. The minimum atomic E-state index is -4.78. The third-order valence-electron chi connectivity index (χ3n) is 11.6. The van der Waals surface area contributed by atoms with Gasteiger partial charge in [0.25, 0.3) is 11.8 Å². The number of pyridine rings is 1. The maximum Gasteiger partial charge on any atom is 0.417 e. The molecule has 1 aromatic heterocycles. The number of carbonyl (C=O) groups excluding carboxylic acids is 4. The molecule has 2 saturated heterocycles. The summed E-state index contributed by atoms with van der Waals surface area (Å²) >= 11 is 19.6. The molecule has 3 aromatic rings. The van der Waals surface area contributed by atoms with Crippen molar-refractivity contribution in [2.75, 3.05) is 19.1 Å². The first-order chi connectivity index (χ1) is 27.4. The lowest BCUT2D eigenvalue weighted by atomic mass is 9.49. The molecule has 0 radical (unpaired) electrons. The fourth-order valence-corrected chi connectivity index (χ4v) is 10.4. The van der Waals surface area contributed by atoms with Crippen molar-refractivity contribution in [2.24, 2.45) is 23.7 Å². The Bertz CT molecular complexity index is 2280. The summed E-state index contributed by atoms with van der Waals surface area (Å²) in [7, 11) is 1.33. The van der Waals surface area contributed by atoms with Gasteiger partial charge in [0.05, 0.1) is 45.3 Å². The van der Waals surface area contributed by atoms with Crippen molar-refractivity contribution >= 4 is 90.5 Å². The molecule has 3 N–H and O–H groups in total. The number of hydrogen-bond donors (Lipinski definition) is 3. The number of nitrogens with zero attached hydrogens (tertiary/aromatic N) is 3. The normalized spacial score (nSPS) is 25.4. The monoisotopic (exact) mass is 970 g/mol. The number of aromatic hydroxyl groups is 1. The van der Waals surface area contributed by atoms with E-state index in [1.807, 2.05) is 6.08 Å². The van der Waals surface area contributed by atoms with Crippen LogP contribution >= 0.6 is 55.1 Å². The molecule has 6 atom stereocenters. The number of halogens is 7. The van der Waals surface area contributed by atoms with Crippen molar-refractivity contribution < 1.29 is 52.1 Å². The molecule has 2 aliphatic heterocycles. The second-order valence-corrected chi connectivity index (χ2v) is 17.0. The van der Waals surface area contributed by atoms with Gasteiger partial charge in [-0.05, 0) is 98.9 Å². The van der Waals surface area contributed by atoms with Gasteiger partial charge in [-0.15, -0.1) is 0 Å². The summed E-state index contributed by atoms with van der Waals surface area (Å²) in [4.78, 5) is 74.7. The Kier molecular flexibility index (Phi) is 11.4. The number of likely N-dealkylation sites (tertiary alicyclic amines) is 1. The number of allylic oxidation sites excluding steroid dienone is 2. The first-order valence-electron chi connectivity index (χ1n) is 18.1. The maximum absolute atomic E-state index is 15.4. The zero-order chi connectivity index (χ0) is 42.0. The van der Waals surface area contributed by atoms with Gasteiger partial charge in [0.2, 0.25) is 11.8 Å². The molecule has 4 aliphatic rings. The van der Waals surface area contributed by atoms with Gasteiger partial charge in [-0.1, -0.05) is 53.4 Å². The van der Waals surface area contributed by atoms with Crippen LogP contribution in [0.2, 0.25) is 10.0 Å². The van der Waals surface area contributed by atoms with Crippen molar-refractivity contribution in [3.63, 3.8) is 0 Å². The number of phenolic OH excluding ortho intramolecular Hbond substituents is 1.